The predicted molar refractivity (Wildman–Crippen MR) is 108 cm³/mol. The lowest BCUT2D eigenvalue weighted by atomic mass is 10.0. The van der Waals surface area contributed by atoms with Crippen molar-refractivity contribution in [3.8, 4) is 11.5 Å². The number of rotatable bonds is 5. The first-order valence-corrected chi connectivity index (χ1v) is 9.08. The molecule has 0 aliphatic carbocycles. The molecule has 4 aromatic rings. The first-order chi connectivity index (χ1) is 13.6. The zero-order valence-corrected chi connectivity index (χ0v) is 15.7. The number of nitrogens with zero attached hydrogens (tertiary/aromatic N) is 2. The van der Waals surface area contributed by atoms with Crippen LogP contribution in [0.4, 0.5) is 10.1 Å². The molecule has 1 heterocycles. The fraction of sp³-hybridized carbons (Fsp3) is 0.130. The Labute approximate surface area is 163 Å². The van der Waals surface area contributed by atoms with Crippen LogP contribution >= 0.6 is 0 Å². The summed E-state index contributed by atoms with van der Waals surface area (Å²) in [5.74, 6) is 0.583. The summed E-state index contributed by atoms with van der Waals surface area (Å²) >= 11 is 0. The molecule has 0 aliphatic rings. The van der Waals surface area contributed by atoms with Crippen LogP contribution in [0, 0.1) is 19.7 Å². The van der Waals surface area contributed by atoms with Crippen LogP contribution in [-0.2, 0) is 0 Å². The first kappa shape index (κ1) is 17.9. The van der Waals surface area contributed by atoms with E-state index in [1.54, 1.807) is 12.1 Å². The lowest BCUT2D eigenvalue weighted by Crippen LogP contribution is -2.13. The van der Waals surface area contributed by atoms with E-state index in [1.807, 2.05) is 49.4 Å². The molecule has 0 bridgehead atoms. The highest BCUT2D eigenvalue weighted by atomic mass is 19.1. The van der Waals surface area contributed by atoms with E-state index in [-0.39, 0.29) is 5.82 Å². The van der Waals surface area contributed by atoms with Gasteiger partial charge < -0.3 is 9.73 Å². The molecule has 28 heavy (non-hydrogen) atoms. The van der Waals surface area contributed by atoms with Crippen molar-refractivity contribution in [2.24, 2.45) is 0 Å². The second-order valence-electron chi connectivity index (χ2n) is 6.76. The zero-order valence-electron chi connectivity index (χ0n) is 15.7. The summed E-state index contributed by atoms with van der Waals surface area (Å²) in [6.45, 7) is 4.10. The van der Waals surface area contributed by atoms with E-state index in [0.29, 0.717) is 11.8 Å². The van der Waals surface area contributed by atoms with Gasteiger partial charge in [0.15, 0.2) is 0 Å². The van der Waals surface area contributed by atoms with Crippen LogP contribution in [0.3, 0.4) is 0 Å². The van der Waals surface area contributed by atoms with Gasteiger partial charge in [-0.05, 0) is 55.3 Å². The highest BCUT2D eigenvalue weighted by molar-refractivity contribution is 5.55. The topological polar surface area (TPSA) is 51.0 Å². The summed E-state index contributed by atoms with van der Waals surface area (Å²) in [7, 11) is 0. The second kappa shape index (κ2) is 7.64. The molecule has 0 aliphatic heterocycles. The van der Waals surface area contributed by atoms with Crippen molar-refractivity contribution in [2.45, 2.75) is 19.9 Å². The third-order valence-electron chi connectivity index (χ3n) is 4.59. The van der Waals surface area contributed by atoms with Gasteiger partial charge in [-0.2, -0.15) is 0 Å². The normalized spacial score (nSPS) is 12.0. The molecule has 4 nitrogen and oxygen atoms in total. The van der Waals surface area contributed by atoms with Crippen molar-refractivity contribution in [1.29, 1.82) is 0 Å². The van der Waals surface area contributed by atoms with Crippen LogP contribution in [0.2, 0.25) is 0 Å². The maximum atomic E-state index is 13.4. The summed E-state index contributed by atoms with van der Waals surface area (Å²) in [6.07, 6.45) is 0. The minimum Gasteiger partial charge on any atom is -0.418 e. The van der Waals surface area contributed by atoms with Gasteiger partial charge in [-0.15, -0.1) is 10.2 Å². The van der Waals surface area contributed by atoms with E-state index in [2.05, 4.69) is 28.5 Å². The van der Waals surface area contributed by atoms with Crippen LogP contribution in [0.5, 0.6) is 0 Å². The molecule has 1 unspecified atom stereocenters. The van der Waals surface area contributed by atoms with Crippen molar-refractivity contribution in [1.82, 2.24) is 10.2 Å². The third kappa shape index (κ3) is 3.78. The number of anilines is 1. The van der Waals surface area contributed by atoms with Gasteiger partial charge in [0.1, 0.15) is 11.9 Å². The Hall–Kier alpha value is -3.47. The van der Waals surface area contributed by atoms with Crippen molar-refractivity contribution >= 4 is 5.69 Å². The number of nitrogens with one attached hydrogen (secondary N) is 1. The molecule has 1 N–H and O–H groups in total. The number of aromatic nitrogens is 2. The monoisotopic (exact) mass is 373 g/mol. The van der Waals surface area contributed by atoms with Gasteiger partial charge in [0, 0.05) is 11.3 Å². The number of hydrogen-bond acceptors (Lipinski definition) is 4. The number of aryl methyl sites for hydroxylation is 2. The van der Waals surface area contributed by atoms with Crippen molar-refractivity contribution in [3.63, 3.8) is 0 Å². The quantitative estimate of drug-likeness (QED) is 0.488. The fourth-order valence-electron chi connectivity index (χ4n) is 3.12. The van der Waals surface area contributed by atoms with Crippen LogP contribution in [0.25, 0.3) is 11.5 Å². The molecular weight excluding hydrogens is 353 g/mol. The summed E-state index contributed by atoms with van der Waals surface area (Å²) < 4.78 is 19.4. The molecule has 3 aromatic carbocycles. The molecule has 0 amide bonds. The Morgan fingerprint density at radius 1 is 0.893 bits per heavy atom. The maximum absolute atomic E-state index is 13.4. The largest absolute Gasteiger partial charge is 0.418 e. The summed E-state index contributed by atoms with van der Waals surface area (Å²) in [5.41, 5.74) is 4.94. The molecule has 0 fully saturated rings. The number of benzene rings is 3. The highest BCUT2D eigenvalue weighted by Crippen LogP contribution is 2.30. The van der Waals surface area contributed by atoms with Gasteiger partial charge >= 0.3 is 0 Å². The van der Waals surface area contributed by atoms with Gasteiger partial charge in [0.25, 0.3) is 0 Å². The SMILES string of the molecule is Cc1ccc(NC(c2ccc(F)cc2)c2nnc(-c3ccccc3)o2)c(C)c1. The Morgan fingerprint density at radius 3 is 2.36 bits per heavy atom. The van der Waals surface area contributed by atoms with Gasteiger partial charge in [-0.1, -0.05) is 48.0 Å². The standard InChI is InChI=1S/C23H20FN3O/c1-15-8-13-20(16(2)14-15)25-21(17-9-11-19(24)12-10-17)23-27-26-22(28-23)18-6-4-3-5-7-18/h3-14,21,25H,1-2H3. The van der Waals surface area contributed by atoms with Crippen LogP contribution in [0.1, 0.15) is 28.6 Å². The third-order valence-corrected chi connectivity index (χ3v) is 4.59. The molecule has 0 saturated heterocycles. The molecular formula is C23H20FN3O. The zero-order chi connectivity index (χ0) is 19.5. The molecule has 0 saturated carbocycles. The molecule has 4 rings (SSSR count). The maximum Gasteiger partial charge on any atom is 0.247 e. The fourth-order valence-corrected chi connectivity index (χ4v) is 3.12. The van der Waals surface area contributed by atoms with Crippen LogP contribution in [-0.4, -0.2) is 10.2 Å². The number of hydrogen-bond donors (Lipinski definition) is 1. The predicted octanol–water partition coefficient (Wildman–Crippen LogP) is 5.69. The summed E-state index contributed by atoms with van der Waals surface area (Å²) in [6, 6.07) is 21.7. The van der Waals surface area contributed by atoms with Crippen molar-refractivity contribution in [2.75, 3.05) is 5.32 Å². The van der Waals surface area contributed by atoms with Gasteiger partial charge in [0.2, 0.25) is 11.8 Å². The minimum absolute atomic E-state index is 0.287. The molecule has 5 heteroatoms. The average Bonchev–Trinajstić information content (AvgIpc) is 3.19. The Bertz CT molecular complexity index is 1070. The molecule has 0 radical (unpaired) electrons. The molecule has 1 atom stereocenters. The lowest BCUT2D eigenvalue weighted by molar-refractivity contribution is 0.493. The van der Waals surface area contributed by atoms with E-state index >= 15 is 0 Å². The Morgan fingerprint density at radius 2 is 1.64 bits per heavy atom. The van der Waals surface area contributed by atoms with Gasteiger partial charge in [0.05, 0.1) is 0 Å². The van der Waals surface area contributed by atoms with E-state index in [1.165, 1.54) is 17.7 Å². The van der Waals surface area contributed by atoms with E-state index in [9.17, 15) is 4.39 Å². The highest BCUT2D eigenvalue weighted by Gasteiger charge is 2.22. The van der Waals surface area contributed by atoms with E-state index < -0.39 is 6.04 Å². The first-order valence-electron chi connectivity index (χ1n) is 9.08. The summed E-state index contributed by atoms with van der Waals surface area (Å²) in [4.78, 5) is 0. The smallest absolute Gasteiger partial charge is 0.247 e. The Balaban J connectivity index is 1.73. The summed E-state index contributed by atoms with van der Waals surface area (Å²) in [5, 5.41) is 11.9. The average molecular weight is 373 g/mol. The molecule has 0 spiro atoms. The van der Waals surface area contributed by atoms with Crippen LogP contribution in [0.15, 0.2) is 77.2 Å². The number of halogens is 1. The molecule has 1 aromatic heterocycles. The van der Waals surface area contributed by atoms with Gasteiger partial charge in [-0.25, -0.2) is 4.39 Å². The second-order valence-corrected chi connectivity index (χ2v) is 6.76. The lowest BCUT2D eigenvalue weighted by Gasteiger charge is -2.19. The molecule has 140 valence electrons. The van der Waals surface area contributed by atoms with E-state index in [4.69, 9.17) is 4.42 Å². The van der Waals surface area contributed by atoms with E-state index in [0.717, 1.165) is 22.4 Å². The minimum atomic E-state index is -0.396. The Kier molecular flexibility index (Phi) is 4.89. The van der Waals surface area contributed by atoms with Crippen molar-refractivity contribution < 1.29 is 8.81 Å². The van der Waals surface area contributed by atoms with Crippen molar-refractivity contribution in [3.05, 3.63) is 101 Å². The van der Waals surface area contributed by atoms with Crippen LogP contribution < -0.4 is 5.32 Å². The van der Waals surface area contributed by atoms with Gasteiger partial charge in [-0.3, -0.25) is 0 Å².